The maximum atomic E-state index is 13.6. The third-order valence-electron chi connectivity index (χ3n) is 7.46. The summed E-state index contributed by atoms with van der Waals surface area (Å²) in [5.41, 5.74) is 2.17. The first kappa shape index (κ1) is 26.6. The fraction of sp³-hybridized carbons (Fsp3) is 0.519. The smallest absolute Gasteiger partial charge is 0.341 e. The van der Waals surface area contributed by atoms with Crippen LogP contribution in [0.4, 0.5) is 17.6 Å². The van der Waals surface area contributed by atoms with Gasteiger partial charge in [-0.15, -0.1) is 0 Å². The number of likely N-dealkylation sites (N-methyl/N-ethyl adjacent to an activating group) is 1. The fourth-order valence-corrected chi connectivity index (χ4v) is 5.66. The minimum atomic E-state index is -4.29. The molecule has 0 unspecified atom stereocenters. The van der Waals surface area contributed by atoms with Gasteiger partial charge < -0.3 is 15.5 Å². The van der Waals surface area contributed by atoms with Crippen LogP contribution in [-0.2, 0) is 23.2 Å². The summed E-state index contributed by atoms with van der Waals surface area (Å²) in [4.78, 5) is 16.9. The molecule has 2 aromatic rings. The van der Waals surface area contributed by atoms with E-state index in [2.05, 4.69) is 10.6 Å². The average Bonchev–Trinajstić information content (AvgIpc) is 2.86. The van der Waals surface area contributed by atoms with E-state index in [1.54, 1.807) is 21.9 Å². The largest absolute Gasteiger partial charge is 0.401 e. The number of nitrogens with one attached hydrogen (secondary N) is 2. The molecule has 0 radical (unpaired) electrons. The molecular formula is C27H34F4N4O. The van der Waals surface area contributed by atoms with Gasteiger partial charge in [0.2, 0.25) is 5.91 Å². The van der Waals surface area contributed by atoms with Crippen LogP contribution in [0.3, 0.4) is 0 Å². The number of benzene rings is 2. The highest BCUT2D eigenvalue weighted by atomic mass is 19.4. The highest BCUT2D eigenvalue weighted by molar-refractivity contribution is 5.82. The second-order valence-electron chi connectivity index (χ2n) is 9.74. The third kappa shape index (κ3) is 6.07. The summed E-state index contributed by atoms with van der Waals surface area (Å²) in [6.45, 7) is 1.43. The lowest BCUT2D eigenvalue weighted by atomic mass is 9.74. The minimum absolute atomic E-state index is 0.0725. The fourth-order valence-electron chi connectivity index (χ4n) is 5.66. The van der Waals surface area contributed by atoms with Crippen molar-refractivity contribution in [3.8, 4) is 0 Å². The van der Waals surface area contributed by atoms with Gasteiger partial charge in [-0.1, -0.05) is 36.4 Å². The van der Waals surface area contributed by atoms with E-state index in [-0.39, 0.29) is 11.7 Å². The van der Waals surface area contributed by atoms with Gasteiger partial charge >= 0.3 is 6.18 Å². The molecule has 2 aliphatic heterocycles. The SMILES string of the molecule is CNCCN[C@H](Cc1ccc(F)cc1)C(=O)N1CCC2(CC1)c1ccccc1CCN2CC(F)(F)F. The predicted molar refractivity (Wildman–Crippen MR) is 131 cm³/mol. The van der Waals surface area contributed by atoms with Crippen LogP contribution >= 0.6 is 0 Å². The lowest BCUT2D eigenvalue weighted by Gasteiger charge is -2.52. The summed E-state index contributed by atoms with van der Waals surface area (Å²) in [5.74, 6) is -0.404. The number of fused-ring (bicyclic) bond motifs is 2. The van der Waals surface area contributed by atoms with Crippen molar-refractivity contribution in [2.45, 2.75) is 43.4 Å². The molecule has 2 aromatic carbocycles. The van der Waals surface area contributed by atoms with Crippen LogP contribution in [0.5, 0.6) is 0 Å². The Hall–Kier alpha value is -2.49. The molecule has 2 aliphatic rings. The summed E-state index contributed by atoms with van der Waals surface area (Å²) < 4.78 is 53.9. The first-order valence-corrected chi connectivity index (χ1v) is 12.5. The van der Waals surface area contributed by atoms with Crippen molar-refractivity contribution < 1.29 is 22.4 Å². The molecule has 4 rings (SSSR count). The quantitative estimate of drug-likeness (QED) is 0.425. The van der Waals surface area contributed by atoms with E-state index in [0.29, 0.717) is 58.4 Å². The molecule has 36 heavy (non-hydrogen) atoms. The molecule has 1 amide bonds. The molecule has 1 saturated heterocycles. The summed E-state index contributed by atoms with van der Waals surface area (Å²) in [7, 11) is 1.83. The molecule has 2 heterocycles. The molecule has 0 aromatic heterocycles. The number of hydrogen-bond acceptors (Lipinski definition) is 4. The van der Waals surface area contributed by atoms with Crippen molar-refractivity contribution in [2.24, 2.45) is 0 Å². The number of carbonyl (C=O) groups is 1. The molecule has 2 N–H and O–H groups in total. The number of halogens is 4. The molecule has 0 aliphatic carbocycles. The standard InChI is InChI=1S/C27H34F4N4O/c1-32-13-14-33-24(18-20-6-8-22(28)9-7-20)25(36)34-16-11-26(12-17-34)23-5-3-2-4-21(23)10-15-35(26)19-27(29,30)31/h2-9,24,32-33H,10-19H2,1H3/t24-/m1/s1. The molecule has 1 spiro atoms. The number of rotatable bonds is 8. The maximum Gasteiger partial charge on any atom is 0.401 e. The topological polar surface area (TPSA) is 47.6 Å². The van der Waals surface area contributed by atoms with Crippen molar-refractivity contribution in [1.82, 2.24) is 20.4 Å². The number of carbonyl (C=O) groups excluding carboxylic acids is 1. The Kier molecular flexibility index (Phi) is 8.32. The second kappa shape index (κ2) is 11.3. The zero-order valence-corrected chi connectivity index (χ0v) is 20.6. The normalized spacial score (nSPS) is 18.8. The van der Waals surface area contributed by atoms with E-state index in [1.807, 2.05) is 31.3 Å². The lowest BCUT2D eigenvalue weighted by Crippen LogP contribution is -2.60. The third-order valence-corrected chi connectivity index (χ3v) is 7.46. The summed E-state index contributed by atoms with van der Waals surface area (Å²) in [6, 6.07) is 13.4. The zero-order valence-electron chi connectivity index (χ0n) is 20.6. The summed E-state index contributed by atoms with van der Waals surface area (Å²) >= 11 is 0. The Morgan fingerprint density at radius 2 is 1.72 bits per heavy atom. The Balaban J connectivity index is 1.51. The van der Waals surface area contributed by atoms with Crippen LogP contribution < -0.4 is 10.6 Å². The number of hydrogen-bond donors (Lipinski definition) is 2. The number of piperidine rings is 1. The minimum Gasteiger partial charge on any atom is -0.341 e. The Labute approximate surface area is 209 Å². The van der Waals surface area contributed by atoms with Crippen LogP contribution in [0.1, 0.15) is 29.5 Å². The Bertz CT molecular complexity index is 1020. The highest BCUT2D eigenvalue weighted by Crippen LogP contribution is 2.44. The van der Waals surface area contributed by atoms with Gasteiger partial charge in [0.1, 0.15) is 5.82 Å². The van der Waals surface area contributed by atoms with Crippen LogP contribution in [-0.4, -0.2) is 74.2 Å². The van der Waals surface area contributed by atoms with Crippen molar-refractivity contribution in [3.63, 3.8) is 0 Å². The molecule has 1 atom stereocenters. The van der Waals surface area contributed by atoms with E-state index in [9.17, 15) is 22.4 Å². The van der Waals surface area contributed by atoms with Crippen molar-refractivity contribution >= 4 is 5.91 Å². The zero-order chi connectivity index (χ0) is 25.8. The Morgan fingerprint density at radius 1 is 1.03 bits per heavy atom. The van der Waals surface area contributed by atoms with E-state index >= 15 is 0 Å². The van der Waals surface area contributed by atoms with Gasteiger partial charge in [-0.2, -0.15) is 13.2 Å². The highest BCUT2D eigenvalue weighted by Gasteiger charge is 2.48. The van der Waals surface area contributed by atoms with E-state index in [1.165, 1.54) is 12.1 Å². The van der Waals surface area contributed by atoms with Crippen LogP contribution in [0, 0.1) is 5.82 Å². The monoisotopic (exact) mass is 506 g/mol. The first-order valence-electron chi connectivity index (χ1n) is 12.5. The van der Waals surface area contributed by atoms with Gasteiger partial charge in [-0.25, -0.2) is 4.39 Å². The van der Waals surface area contributed by atoms with Gasteiger partial charge in [0.15, 0.2) is 0 Å². The average molecular weight is 507 g/mol. The molecule has 5 nitrogen and oxygen atoms in total. The van der Waals surface area contributed by atoms with Crippen molar-refractivity contribution in [1.29, 1.82) is 0 Å². The maximum absolute atomic E-state index is 13.6. The van der Waals surface area contributed by atoms with E-state index < -0.39 is 24.3 Å². The van der Waals surface area contributed by atoms with Crippen LogP contribution in [0.15, 0.2) is 48.5 Å². The number of nitrogens with zero attached hydrogens (tertiary/aromatic N) is 2. The number of alkyl halides is 3. The van der Waals surface area contributed by atoms with Gasteiger partial charge in [0, 0.05) is 32.7 Å². The predicted octanol–water partition coefficient (Wildman–Crippen LogP) is 3.48. The van der Waals surface area contributed by atoms with Gasteiger partial charge in [0.05, 0.1) is 18.1 Å². The summed E-state index contributed by atoms with van der Waals surface area (Å²) in [5, 5.41) is 6.35. The molecule has 196 valence electrons. The second-order valence-corrected chi connectivity index (χ2v) is 9.74. The van der Waals surface area contributed by atoms with E-state index in [4.69, 9.17) is 0 Å². The molecule has 9 heteroatoms. The Morgan fingerprint density at radius 3 is 2.39 bits per heavy atom. The molecule has 1 fully saturated rings. The molecular weight excluding hydrogens is 472 g/mol. The van der Waals surface area contributed by atoms with Crippen LogP contribution in [0.2, 0.25) is 0 Å². The van der Waals surface area contributed by atoms with Gasteiger partial charge in [0.25, 0.3) is 0 Å². The van der Waals surface area contributed by atoms with Gasteiger partial charge in [-0.05, 0) is 61.6 Å². The molecule has 0 bridgehead atoms. The van der Waals surface area contributed by atoms with Crippen molar-refractivity contribution in [3.05, 3.63) is 71.0 Å². The van der Waals surface area contributed by atoms with Gasteiger partial charge in [-0.3, -0.25) is 9.69 Å². The summed E-state index contributed by atoms with van der Waals surface area (Å²) in [6.07, 6.45) is -2.39. The lowest BCUT2D eigenvalue weighted by molar-refractivity contribution is -0.168. The first-order chi connectivity index (χ1) is 17.2. The number of amides is 1. The van der Waals surface area contributed by atoms with E-state index in [0.717, 1.165) is 16.7 Å². The van der Waals surface area contributed by atoms with Crippen LogP contribution in [0.25, 0.3) is 0 Å². The van der Waals surface area contributed by atoms with Crippen molar-refractivity contribution in [2.75, 3.05) is 46.3 Å². The number of likely N-dealkylation sites (tertiary alicyclic amines) is 1. The molecule has 0 saturated carbocycles.